The molecular weight excluding hydrogens is 342 g/mol. The van der Waals surface area contributed by atoms with E-state index in [1.54, 1.807) is 4.90 Å². The Balaban J connectivity index is 1.54. The van der Waals surface area contributed by atoms with Crippen molar-refractivity contribution in [2.75, 3.05) is 20.2 Å². The molecular formula is C16H19N5O5. The Morgan fingerprint density at radius 1 is 1.31 bits per heavy atom. The van der Waals surface area contributed by atoms with Crippen molar-refractivity contribution in [3.63, 3.8) is 0 Å². The summed E-state index contributed by atoms with van der Waals surface area (Å²) in [6.07, 6.45) is 5.04. The van der Waals surface area contributed by atoms with Gasteiger partial charge in [0.25, 0.3) is 17.3 Å². The number of aromatic amines is 1. The molecule has 138 valence electrons. The van der Waals surface area contributed by atoms with Crippen molar-refractivity contribution < 1.29 is 14.3 Å². The Bertz CT molecular complexity index is 893. The number of carbonyl (C=O) groups excluding carboxylic acids is 1. The number of likely N-dealkylation sites (tertiary alicyclic amines) is 1. The molecule has 0 aromatic carbocycles. The minimum absolute atomic E-state index is 0.0830. The molecule has 2 aromatic rings. The SMILES string of the molecule is COc1nccnc1O[C@H]1CCN(C(=O)CCn2ccc(=O)[nH]c2=O)C1. The van der Waals surface area contributed by atoms with Crippen LogP contribution in [-0.4, -0.2) is 56.6 Å². The molecule has 1 aliphatic rings. The molecule has 1 atom stereocenters. The van der Waals surface area contributed by atoms with Crippen LogP contribution in [0.1, 0.15) is 12.8 Å². The minimum atomic E-state index is -0.525. The summed E-state index contributed by atoms with van der Waals surface area (Å²) < 4.78 is 12.2. The Hall–Kier alpha value is -3.17. The van der Waals surface area contributed by atoms with Gasteiger partial charge in [-0.05, 0) is 0 Å². The van der Waals surface area contributed by atoms with Crippen LogP contribution in [0.4, 0.5) is 0 Å². The van der Waals surface area contributed by atoms with Crippen LogP contribution in [0.25, 0.3) is 0 Å². The molecule has 2 aromatic heterocycles. The van der Waals surface area contributed by atoms with Crippen LogP contribution >= 0.6 is 0 Å². The van der Waals surface area contributed by atoms with Gasteiger partial charge in [-0.1, -0.05) is 0 Å². The fourth-order valence-electron chi connectivity index (χ4n) is 2.74. The lowest BCUT2D eigenvalue weighted by Crippen LogP contribution is -2.34. The van der Waals surface area contributed by atoms with Crippen molar-refractivity contribution in [3.8, 4) is 11.8 Å². The number of hydrogen-bond donors (Lipinski definition) is 1. The third-order valence-electron chi connectivity index (χ3n) is 4.07. The summed E-state index contributed by atoms with van der Waals surface area (Å²) >= 11 is 0. The first-order chi connectivity index (χ1) is 12.6. The molecule has 3 heterocycles. The van der Waals surface area contributed by atoms with Gasteiger partial charge in [-0.15, -0.1) is 0 Å². The van der Waals surface area contributed by atoms with Gasteiger partial charge in [-0.3, -0.25) is 14.6 Å². The molecule has 0 aliphatic carbocycles. The largest absolute Gasteiger partial charge is 0.477 e. The van der Waals surface area contributed by atoms with E-state index in [-0.39, 0.29) is 25.0 Å². The molecule has 0 bridgehead atoms. The van der Waals surface area contributed by atoms with Gasteiger partial charge < -0.3 is 18.9 Å². The van der Waals surface area contributed by atoms with E-state index < -0.39 is 11.2 Å². The van der Waals surface area contributed by atoms with Crippen molar-refractivity contribution in [2.24, 2.45) is 0 Å². The number of hydrogen-bond acceptors (Lipinski definition) is 7. The number of nitrogens with zero attached hydrogens (tertiary/aromatic N) is 4. The van der Waals surface area contributed by atoms with Crippen molar-refractivity contribution in [1.82, 2.24) is 24.4 Å². The predicted molar refractivity (Wildman–Crippen MR) is 90.1 cm³/mol. The summed E-state index contributed by atoms with van der Waals surface area (Å²) in [4.78, 5) is 47.0. The van der Waals surface area contributed by atoms with Gasteiger partial charge in [-0.2, -0.15) is 0 Å². The van der Waals surface area contributed by atoms with E-state index in [4.69, 9.17) is 9.47 Å². The van der Waals surface area contributed by atoms with E-state index >= 15 is 0 Å². The highest BCUT2D eigenvalue weighted by atomic mass is 16.5. The first kappa shape index (κ1) is 17.6. The van der Waals surface area contributed by atoms with E-state index in [0.717, 1.165) is 0 Å². The topological polar surface area (TPSA) is 119 Å². The summed E-state index contributed by atoms with van der Waals surface area (Å²) in [6, 6.07) is 1.25. The highest BCUT2D eigenvalue weighted by molar-refractivity contribution is 5.76. The number of carbonyl (C=O) groups is 1. The molecule has 0 unspecified atom stereocenters. The molecule has 10 heteroatoms. The van der Waals surface area contributed by atoms with Gasteiger partial charge in [0.15, 0.2) is 0 Å². The highest BCUT2D eigenvalue weighted by Crippen LogP contribution is 2.24. The third kappa shape index (κ3) is 4.08. The van der Waals surface area contributed by atoms with Crippen LogP contribution in [0.2, 0.25) is 0 Å². The van der Waals surface area contributed by atoms with E-state index in [2.05, 4.69) is 15.0 Å². The lowest BCUT2D eigenvalue weighted by atomic mass is 10.3. The molecule has 0 radical (unpaired) electrons. The molecule has 0 saturated carbocycles. The summed E-state index contributed by atoms with van der Waals surface area (Å²) in [6.45, 7) is 1.19. The average Bonchev–Trinajstić information content (AvgIpc) is 3.10. The quantitative estimate of drug-likeness (QED) is 0.730. The fraction of sp³-hybridized carbons (Fsp3) is 0.438. The van der Waals surface area contributed by atoms with Crippen molar-refractivity contribution in [3.05, 3.63) is 45.5 Å². The molecule has 3 rings (SSSR count). The van der Waals surface area contributed by atoms with Crippen LogP contribution in [0.5, 0.6) is 11.8 Å². The highest BCUT2D eigenvalue weighted by Gasteiger charge is 2.28. The molecule has 10 nitrogen and oxygen atoms in total. The number of methoxy groups -OCH3 is 1. The molecule has 1 aliphatic heterocycles. The first-order valence-electron chi connectivity index (χ1n) is 8.16. The Labute approximate surface area is 148 Å². The normalized spacial score (nSPS) is 16.5. The number of ether oxygens (including phenoxy) is 2. The van der Waals surface area contributed by atoms with Crippen molar-refractivity contribution in [1.29, 1.82) is 0 Å². The molecule has 1 saturated heterocycles. The Morgan fingerprint density at radius 2 is 2.08 bits per heavy atom. The summed E-state index contributed by atoms with van der Waals surface area (Å²) in [5.41, 5.74) is -0.987. The Kier molecular flexibility index (Phi) is 5.30. The van der Waals surface area contributed by atoms with Crippen LogP contribution < -0.4 is 20.7 Å². The van der Waals surface area contributed by atoms with Gasteiger partial charge in [0.1, 0.15) is 6.10 Å². The average molecular weight is 361 g/mol. The summed E-state index contributed by atoms with van der Waals surface area (Å²) in [7, 11) is 1.49. The van der Waals surface area contributed by atoms with E-state index in [1.807, 2.05) is 0 Å². The Morgan fingerprint density at radius 3 is 2.81 bits per heavy atom. The molecule has 1 amide bonds. The number of rotatable bonds is 6. The number of aromatic nitrogens is 4. The lowest BCUT2D eigenvalue weighted by Gasteiger charge is -2.17. The maximum Gasteiger partial charge on any atom is 0.328 e. The molecule has 0 spiro atoms. The molecule has 1 fully saturated rings. The molecule has 1 N–H and O–H groups in total. The van der Waals surface area contributed by atoms with E-state index in [9.17, 15) is 14.4 Å². The van der Waals surface area contributed by atoms with Gasteiger partial charge in [0.05, 0.1) is 13.7 Å². The second-order valence-electron chi connectivity index (χ2n) is 5.79. The fourth-order valence-corrected chi connectivity index (χ4v) is 2.74. The maximum atomic E-state index is 12.3. The van der Waals surface area contributed by atoms with Gasteiger partial charge in [-0.25, -0.2) is 14.8 Å². The number of nitrogens with one attached hydrogen (secondary N) is 1. The van der Waals surface area contributed by atoms with Gasteiger partial charge in [0, 0.05) is 50.6 Å². The van der Waals surface area contributed by atoms with Crippen molar-refractivity contribution >= 4 is 5.91 Å². The second-order valence-corrected chi connectivity index (χ2v) is 5.79. The molecule has 26 heavy (non-hydrogen) atoms. The third-order valence-corrected chi connectivity index (χ3v) is 4.07. The number of H-pyrrole nitrogens is 1. The standard InChI is InChI=1S/C16H19N5O5/c1-25-14-15(18-6-5-17-14)26-11-2-7-21(10-11)13(23)4-9-20-8-3-12(22)19-16(20)24/h3,5-6,8,11H,2,4,7,9-10H2,1H3,(H,19,22,24)/t11-/m0/s1. The zero-order chi connectivity index (χ0) is 18.5. The zero-order valence-corrected chi connectivity index (χ0v) is 14.3. The monoisotopic (exact) mass is 361 g/mol. The van der Waals surface area contributed by atoms with E-state index in [0.29, 0.717) is 31.3 Å². The van der Waals surface area contributed by atoms with Gasteiger partial charge in [0.2, 0.25) is 5.91 Å². The predicted octanol–water partition coefficient (Wildman–Crippen LogP) is -0.595. The summed E-state index contributed by atoms with van der Waals surface area (Å²) in [5.74, 6) is 0.518. The second kappa shape index (κ2) is 7.81. The number of amides is 1. The van der Waals surface area contributed by atoms with E-state index in [1.165, 1.54) is 36.3 Å². The lowest BCUT2D eigenvalue weighted by molar-refractivity contribution is -0.130. The first-order valence-corrected chi connectivity index (χ1v) is 8.16. The smallest absolute Gasteiger partial charge is 0.328 e. The van der Waals surface area contributed by atoms with Crippen molar-refractivity contribution in [2.45, 2.75) is 25.5 Å². The van der Waals surface area contributed by atoms with Crippen LogP contribution in [-0.2, 0) is 11.3 Å². The maximum absolute atomic E-state index is 12.3. The minimum Gasteiger partial charge on any atom is -0.477 e. The van der Waals surface area contributed by atoms with Gasteiger partial charge >= 0.3 is 5.69 Å². The van der Waals surface area contributed by atoms with Crippen LogP contribution in [0.15, 0.2) is 34.2 Å². The number of aryl methyl sites for hydroxylation is 1. The summed E-state index contributed by atoms with van der Waals surface area (Å²) in [5, 5.41) is 0. The van der Waals surface area contributed by atoms with Crippen LogP contribution in [0, 0.1) is 0 Å². The zero-order valence-electron chi connectivity index (χ0n) is 14.3. The van der Waals surface area contributed by atoms with Crippen LogP contribution in [0.3, 0.4) is 0 Å².